The predicted octanol–water partition coefficient (Wildman–Crippen LogP) is 0.618. The van der Waals surface area contributed by atoms with E-state index in [1.165, 1.54) is 7.11 Å². The van der Waals surface area contributed by atoms with Gasteiger partial charge in [0, 0.05) is 7.11 Å². The number of carbonyl (C=O) groups excluding carboxylic acids is 1. The van der Waals surface area contributed by atoms with Crippen LogP contribution in [0.15, 0.2) is 0 Å². The summed E-state index contributed by atoms with van der Waals surface area (Å²) in [6, 6.07) is 0. The number of methoxy groups -OCH3 is 2. The Kier molecular flexibility index (Phi) is 9.87. The van der Waals surface area contributed by atoms with Crippen LogP contribution < -0.4 is 0 Å². The molecule has 0 aliphatic carbocycles. The van der Waals surface area contributed by atoms with Crippen LogP contribution in [0.1, 0.15) is 6.42 Å². The molecule has 0 unspecified atom stereocenters. The van der Waals surface area contributed by atoms with Crippen molar-refractivity contribution < 1.29 is 14.3 Å². The van der Waals surface area contributed by atoms with E-state index in [1.54, 1.807) is 7.11 Å². The van der Waals surface area contributed by atoms with Gasteiger partial charge in [0.05, 0.1) is 20.1 Å². The highest BCUT2D eigenvalue weighted by molar-refractivity contribution is 5.85. The normalized spacial score (nSPS) is 7.78. The third kappa shape index (κ3) is 7.72. The molecule has 4 heteroatoms. The summed E-state index contributed by atoms with van der Waals surface area (Å²) in [7, 11) is 2.90. The van der Waals surface area contributed by atoms with Gasteiger partial charge in [-0.05, 0) is 0 Å². The predicted molar refractivity (Wildman–Crippen MR) is 35.8 cm³/mol. The molecular weight excluding hydrogens is 144 g/mol. The molecule has 0 rings (SSSR count). The number of hydrogen-bond acceptors (Lipinski definition) is 3. The minimum absolute atomic E-state index is 0. The van der Waals surface area contributed by atoms with E-state index in [-0.39, 0.29) is 18.4 Å². The van der Waals surface area contributed by atoms with Gasteiger partial charge in [-0.3, -0.25) is 4.79 Å². The molecule has 0 amide bonds. The first-order valence-corrected chi connectivity index (χ1v) is 2.37. The fraction of sp³-hybridized carbons (Fsp3) is 0.800. The maximum atomic E-state index is 10.3. The Morgan fingerprint density at radius 1 is 1.44 bits per heavy atom. The topological polar surface area (TPSA) is 35.5 Å². The average Bonchev–Trinajstić information content (AvgIpc) is 1.83. The van der Waals surface area contributed by atoms with Crippen molar-refractivity contribution in [2.75, 3.05) is 20.8 Å². The Bertz CT molecular complexity index is 74.6. The SMILES string of the molecule is COCCC(=O)OC.Cl. The third-order valence-electron chi connectivity index (χ3n) is 0.738. The number of carbonyl (C=O) groups is 1. The Morgan fingerprint density at radius 2 is 2.00 bits per heavy atom. The molecule has 0 saturated carbocycles. The first kappa shape index (κ1) is 11.5. The summed E-state index contributed by atoms with van der Waals surface area (Å²) in [4.78, 5) is 10.3. The van der Waals surface area contributed by atoms with Crippen molar-refractivity contribution in [3.05, 3.63) is 0 Å². The summed E-state index contributed by atoms with van der Waals surface area (Å²) < 4.78 is 8.95. The molecule has 56 valence electrons. The van der Waals surface area contributed by atoms with Gasteiger partial charge in [-0.1, -0.05) is 0 Å². The van der Waals surface area contributed by atoms with Gasteiger partial charge in [0.1, 0.15) is 0 Å². The van der Waals surface area contributed by atoms with Crippen LogP contribution in [0.5, 0.6) is 0 Å². The van der Waals surface area contributed by atoms with E-state index in [2.05, 4.69) is 9.47 Å². The van der Waals surface area contributed by atoms with E-state index in [0.29, 0.717) is 13.0 Å². The Hall–Kier alpha value is -0.280. The summed E-state index contributed by atoms with van der Waals surface area (Å²) in [5.41, 5.74) is 0. The lowest BCUT2D eigenvalue weighted by Gasteiger charge is -1.94. The molecule has 0 heterocycles. The first-order chi connectivity index (χ1) is 3.81. The van der Waals surface area contributed by atoms with Gasteiger partial charge >= 0.3 is 5.97 Å². The van der Waals surface area contributed by atoms with E-state index in [4.69, 9.17) is 0 Å². The maximum Gasteiger partial charge on any atom is 0.307 e. The smallest absolute Gasteiger partial charge is 0.307 e. The largest absolute Gasteiger partial charge is 0.469 e. The molecule has 0 aromatic carbocycles. The summed E-state index contributed by atoms with van der Waals surface area (Å²) in [6.07, 6.45) is 0.340. The second-order valence-electron chi connectivity index (χ2n) is 1.32. The van der Waals surface area contributed by atoms with Crippen molar-refractivity contribution in [1.82, 2.24) is 0 Å². The standard InChI is InChI=1S/C5H10O3.ClH/c1-7-4-3-5(6)8-2;/h3-4H2,1-2H3;1H. The van der Waals surface area contributed by atoms with Crippen LogP contribution in [-0.2, 0) is 14.3 Å². The number of esters is 1. The Labute approximate surface area is 60.7 Å². The number of halogens is 1. The minimum atomic E-state index is -0.230. The van der Waals surface area contributed by atoms with Gasteiger partial charge < -0.3 is 9.47 Å². The van der Waals surface area contributed by atoms with Crippen molar-refractivity contribution in [1.29, 1.82) is 0 Å². The molecule has 0 bridgehead atoms. The van der Waals surface area contributed by atoms with Crippen LogP contribution in [0.2, 0.25) is 0 Å². The molecule has 0 radical (unpaired) electrons. The van der Waals surface area contributed by atoms with Crippen LogP contribution in [0.3, 0.4) is 0 Å². The van der Waals surface area contributed by atoms with Crippen molar-refractivity contribution in [3.8, 4) is 0 Å². The second-order valence-corrected chi connectivity index (χ2v) is 1.32. The van der Waals surface area contributed by atoms with Crippen LogP contribution in [-0.4, -0.2) is 26.8 Å². The van der Waals surface area contributed by atoms with E-state index < -0.39 is 0 Å². The lowest BCUT2D eigenvalue weighted by molar-refractivity contribution is -0.141. The zero-order valence-corrected chi connectivity index (χ0v) is 6.36. The maximum absolute atomic E-state index is 10.3. The summed E-state index contributed by atoms with van der Waals surface area (Å²) >= 11 is 0. The van der Waals surface area contributed by atoms with Gasteiger partial charge in [-0.2, -0.15) is 0 Å². The van der Waals surface area contributed by atoms with Crippen LogP contribution >= 0.6 is 12.4 Å². The van der Waals surface area contributed by atoms with E-state index in [9.17, 15) is 4.79 Å². The Balaban J connectivity index is 0. The van der Waals surface area contributed by atoms with Crippen molar-refractivity contribution in [2.24, 2.45) is 0 Å². The molecule has 0 atom stereocenters. The lowest BCUT2D eigenvalue weighted by Crippen LogP contribution is -2.03. The van der Waals surface area contributed by atoms with Gasteiger partial charge in [0.25, 0.3) is 0 Å². The van der Waals surface area contributed by atoms with Gasteiger partial charge in [-0.25, -0.2) is 0 Å². The van der Waals surface area contributed by atoms with Crippen LogP contribution in [0.4, 0.5) is 0 Å². The monoisotopic (exact) mass is 154 g/mol. The summed E-state index contributed by atoms with van der Waals surface area (Å²) in [6.45, 7) is 0.437. The molecule has 0 fully saturated rings. The third-order valence-corrected chi connectivity index (χ3v) is 0.738. The highest BCUT2D eigenvalue weighted by Gasteiger charge is 1.95. The molecule has 3 nitrogen and oxygen atoms in total. The molecule has 0 N–H and O–H groups in total. The van der Waals surface area contributed by atoms with E-state index >= 15 is 0 Å². The van der Waals surface area contributed by atoms with Crippen molar-refractivity contribution >= 4 is 18.4 Å². The fourth-order valence-electron chi connectivity index (χ4n) is 0.287. The van der Waals surface area contributed by atoms with Crippen molar-refractivity contribution in [3.63, 3.8) is 0 Å². The zero-order chi connectivity index (χ0) is 6.41. The molecular formula is C5H11ClO3. The van der Waals surface area contributed by atoms with Crippen LogP contribution in [0.25, 0.3) is 0 Å². The molecule has 0 aliphatic heterocycles. The molecule has 0 aliphatic rings. The van der Waals surface area contributed by atoms with E-state index in [0.717, 1.165) is 0 Å². The minimum Gasteiger partial charge on any atom is -0.469 e. The average molecular weight is 155 g/mol. The van der Waals surface area contributed by atoms with Gasteiger partial charge in [-0.15, -0.1) is 12.4 Å². The highest BCUT2D eigenvalue weighted by Crippen LogP contribution is 1.82. The summed E-state index contributed by atoms with van der Waals surface area (Å²) in [5, 5.41) is 0. The summed E-state index contributed by atoms with van der Waals surface area (Å²) in [5.74, 6) is -0.230. The molecule has 0 aromatic rings. The highest BCUT2D eigenvalue weighted by atomic mass is 35.5. The van der Waals surface area contributed by atoms with E-state index in [1.807, 2.05) is 0 Å². The molecule has 9 heavy (non-hydrogen) atoms. The second kappa shape index (κ2) is 7.72. The number of rotatable bonds is 3. The molecule has 0 saturated heterocycles. The zero-order valence-electron chi connectivity index (χ0n) is 5.55. The van der Waals surface area contributed by atoms with Gasteiger partial charge in [0.15, 0.2) is 0 Å². The molecule has 0 spiro atoms. The molecule has 0 aromatic heterocycles. The first-order valence-electron chi connectivity index (χ1n) is 2.37. The van der Waals surface area contributed by atoms with Gasteiger partial charge in [0.2, 0.25) is 0 Å². The number of hydrogen-bond donors (Lipinski definition) is 0. The number of ether oxygens (including phenoxy) is 2. The van der Waals surface area contributed by atoms with Crippen molar-refractivity contribution in [2.45, 2.75) is 6.42 Å². The Morgan fingerprint density at radius 3 is 2.33 bits per heavy atom. The quantitative estimate of drug-likeness (QED) is 0.559. The fourth-order valence-corrected chi connectivity index (χ4v) is 0.287. The van der Waals surface area contributed by atoms with Crippen LogP contribution in [0, 0.1) is 0 Å². The lowest BCUT2D eigenvalue weighted by atomic mass is 10.5.